The summed E-state index contributed by atoms with van der Waals surface area (Å²) in [5.74, 6) is 0. The summed E-state index contributed by atoms with van der Waals surface area (Å²) in [7, 11) is 0. The first-order valence-corrected chi connectivity index (χ1v) is 19.6. The SMILES string of the molecule is c1ccc(-c2ccc(-c3ccccc3N(c3ccc4c(c3)C(c3ccccc3)(c3ccccc3)c3ccccc3-4)c3ccc4oc5ccccc5c4c3)cc2)cc1. The summed E-state index contributed by atoms with van der Waals surface area (Å²) in [5.41, 5.74) is 16.8. The molecule has 0 atom stereocenters. The number of furan rings is 1. The lowest BCUT2D eigenvalue weighted by Crippen LogP contribution is -2.28. The number of nitrogens with zero attached hydrogens (tertiary/aromatic N) is 1. The maximum atomic E-state index is 6.34. The molecule has 1 aromatic heterocycles. The van der Waals surface area contributed by atoms with Gasteiger partial charge in [-0.25, -0.2) is 0 Å². The molecule has 0 spiro atoms. The van der Waals surface area contributed by atoms with Gasteiger partial charge in [-0.1, -0.05) is 182 Å². The molecule has 0 bridgehead atoms. The molecule has 0 radical (unpaired) electrons. The van der Waals surface area contributed by atoms with Crippen molar-refractivity contribution in [1.82, 2.24) is 0 Å². The normalized spacial score (nSPS) is 12.7. The number of fused-ring (bicyclic) bond motifs is 6. The Kier molecular flexibility index (Phi) is 7.75. The van der Waals surface area contributed by atoms with Crippen LogP contribution in [0.15, 0.2) is 229 Å². The van der Waals surface area contributed by atoms with Gasteiger partial charge in [0.2, 0.25) is 0 Å². The van der Waals surface area contributed by atoms with E-state index < -0.39 is 5.41 Å². The number of para-hydroxylation sites is 2. The molecular weight excluding hydrogens is 691 g/mol. The van der Waals surface area contributed by atoms with Crippen molar-refractivity contribution in [3.05, 3.63) is 247 Å². The zero-order valence-electron chi connectivity index (χ0n) is 31.2. The van der Waals surface area contributed by atoms with Gasteiger partial charge >= 0.3 is 0 Å². The van der Waals surface area contributed by atoms with Crippen LogP contribution in [0.25, 0.3) is 55.3 Å². The first kappa shape index (κ1) is 33.0. The van der Waals surface area contributed by atoms with Crippen LogP contribution >= 0.6 is 0 Å². The molecule has 0 amide bonds. The van der Waals surface area contributed by atoms with Crippen LogP contribution in [-0.4, -0.2) is 0 Å². The molecule has 2 heteroatoms. The second kappa shape index (κ2) is 13.4. The monoisotopic (exact) mass is 727 g/mol. The molecule has 268 valence electrons. The van der Waals surface area contributed by atoms with E-state index in [2.05, 4.69) is 217 Å². The van der Waals surface area contributed by atoms with E-state index in [0.29, 0.717) is 0 Å². The zero-order valence-corrected chi connectivity index (χ0v) is 31.2. The number of rotatable bonds is 7. The van der Waals surface area contributed by atoms with Crippen molar-refractivity contribution in [3.63, 3.8) is 0 Å². The van der Waals surface area contributed by atoms with Gasteiger partial charge in [0.05, 0.1) is 11.1 Å². The van der Waals surface area contributed by atoms with E-state index in [9.17, 15) is 0 Å². The molecule has 0 unspecified atom stereocenters. The lowest BCUT2D eigenvalue weighted by atomic mass is 9.67. The highest BCUT2D eigenvalue weighted by atomic mass is 16.3. The molecule has 0 N–H and O–H groups in total. The second-order valence-electron chi connectivity index (χ2n) is 14.8. The molecule has 0 saturated carbocycles. The van der Waals surface area contributed by atoms with Crippen LogP contribution in [0.1, 0.15) is 22.3 Å². The van der Waals surface area contributed by atoms with Crippen LogP contribution in [-0.2, 0) is 5.41 Å². The lowest BCUT2D eigenvalue weighted by Gasteiger charge is -2.35. The van der Waals surface area contributed by atoms with Gasteiger partial charge in [-0.15, -0.1) is 0 Å². The van der Waals surface area contributed by atoms with Gasteiger partial charge in [0.15, 0.2) is 0 Å². The summed E-state index contributed by atoms with van der Waals surface area (Å²) < 4.78 is 6.34. The molecule has 9 aromatic carbocycles. The quantitative estimate of drug-likeness (QED) is 0.163. The Morgan fingerprint density at radius 3 is 1.61 bits per heavy atom. The molecule has 57 heavy (non-hydrogen) atoms. The van der Waals surface area contributed by atoms with E-state index in [4.69, 9.17) is 4.42 Å². The van der Waals surface area contributed by atoms with Crippen molar-refractivity contribution in [2.24, 2.45) is 0 Å². The van der Waals surface area contributed by atoms with Gasteiger partial charge in [-0.2, -0.15) is 0 Å². The summed E-state index contributed by atoms with van der Waals surface area (Å²) >= 11 is 0. The van der Waals surface area contributed by atoms with E-state index in [1.54, 1.807) is 0 Å². The minimum Gasteiger partial charge on any atom is -0.456 e. The number of anilines is 3. The largest absolute Gasteiger partial charge is 0.456 e. The third-order valence-corrected chi connectivity index (χ3v) is 11.8. The average molecular weight is 728 g/mol. The summed E-state index contributed by atoms with van der Waals surface area (Å²) in [6.07, 6.45) is 0. The van der Waals surface area contributed by atoms with Crippen molar-refractivity contribution in [3.8, 4) is 33.4 Å². The Bertz CT molecular complexity index is 3020. The molecule has 11 rings (SSSR count). The Morgan fingerprint density at radius 2 is 0.860 bits per heavy atom. The highest BCUT2D eigenvalue weighted by molar-refractivity contribution is 6.07. The molecule has 1 aliphatic rings. The van der Waals surface area contributed by atoms with E-state index in [1.165, 1.54) is 44.5 Å². The number of hydrogen-bond donors (Lipinski definition) is 0. The van der Waals surface area contributed by atoms with Gasteiger partial charge < -0.3 is 9.32 Å². The van der Waals surface area contributed by atoms with Gasteiger partial charge in [0.25, 0.3) is 0 Å². The molecule has 2 nitrogen and oxygen atoms in total. The van der Waals surface area contributed by atoms with Crippen molar-refractivity contribution in [2.45, 2.75) is 5.41 Å². The van der Waals surface area contributed by atoms with Gasteiger partial charge in [-0.3, -0.25) is 0 Å². The highest BCUT2D eigenvalue weighted by Crippen LogP contribution is 2.57. The molecular formula is C55H37NO. The van der Waals surface area contributed by atoms with E-state index in [-0.39, 0.29) is 0 Å². The van der Waals surface area contributed by atoms with Crippen LogP contribution in [0, 0.1) is 0 Å². The third-order valence-electron chi connectivity index (χ3n) is 11.8. The van der Waals surface area contributed by atoms with Crippen molar-refractivity contribution >= 4 is 39.0 Å². The molecule has 0 saturated heterocycles. The van der Waals surface area contributed by atoms with E-state index in [1.807, 2.05) is 12.1 Å². The van der Waals surface area contributed by atoms with Crippen molar-refractivity contribution in [2.75, 3.05) is 4.90 Å². The van der Waals surface area contributed by atoms with Crippen LogP contribution in [0.2, 0.25) is 0 Å². The minimum absolute atomic E-state index is 0.520. The predicted molar refractivity (Wildman–Crippen MR) is 237 cm³/mol. The van der Waals surface area contributed by atoms with Crippen molar-refractivity contribution in [1.29, 1.82) is 0 Å². The summed E-state index contributed by atoms with van der Waals surface area (Å²) in [6.45, 7) is 0. The standard InChI is InChI=1S/C55H37NO/c1-4-16-38(17-5-1)39-28-30-40(31-29-39)45-22-11-14-26-52(45)56(43-33-35-54-49(36-43)48-24-12-15-27-53(48)57-54)44-32-34-47-46-23-10-13-25-50(46)55(51(47)37-44,41-18-6-2-7-19-41)42-20-8-3-9-21-42/h1-37H. The molecule has 0 aliphatic heterocycles. The fourth-order valence-corrected chi connectivity index (χ4v) is 9.24. The topological polar surface area (TPSA) is 16.4 Å². The summed E-state index contributed by atoms with van der Waals surface area (Å²) in [4.78, 5) is 2.44. The third kappa shape index (κ3) is 5.26. The second-order valence-corrected chi connectivity index (χ2v) is 14.8. The Morgan fingerprint density at radius 1 is 0.333 bits per heavy atom. The van der Waals surface area contributed by atoms with Crippen LogP contribution in [0.4, 0.5) is 17.1 Å². The van der Waals surface area contributed by atoms with Crippen LogP contribution < -0.4 is 4.90 Å². The van der Waals surface area contributed by atoms with Crippen LogP contribution in [0.3, 0.4) is 0 Å². The molecule has 1 heterocycles. The first-order valence-electron chi connectivity index (χ1n) is 19.6. The van der Waals surface area contributed by atoms with Gasteiger partial charge in [-0.05, 0) is 92.5 Å². The summed E-state index contributed by atoms with van der Waals surface area (Å²) in [6, 6.07) is 81.3. The fourth-order valence-electron chi connectivity index (χ4n) is 9.24. The highest BCUT2D eigenvalue weighted by Gasteiger charge is 2.46. The number of benzene rings is 9. The lowest BCUT2D eigenvalue weighted by molar-refractivity contribution is 0.669. The van der Waals surface area contributed by atoms with Gasteiger partial charge in [0, 0.05) is 27.7 Å². The molecule has 0 fully saturated rings. The van der Waals surface area contributed by atoms with E-state index >= 15 is 0 Å². The Labute approximate surface area is 332 Å². The van der Waals surface area contributed by atoms with Crippen LogP contribution in [0.5, 0.6) is 0 Å². The maximum Gasteiger partial charge on any atom is 0.135 e. The smallest absolute Gasteiger partial charge is 0.135 e. The first-order chi connectivity index (χ1) is 28.3. The number of hydrogen-bond acceptors (Lipinski definition) is 2. The predicted octanol–water partition coefficient (Wildman–Crippen LogP) is 14.8. The average Bonchev–Trinajstić information content (AvgIpc) is 3.81. The Hall–Kier alpha value is -7.42. The molecule has 1 aliphatic carbocycles. The maximum absolute atomic E-state index is 6.34. The minimum atomic E-state index is -0.520. The Balaban J connectivity index is 1.17. The van der Waals surface area contributed by atoms with Gasteiger partial charge in [0.1, 0.15) is 11.2 Å². The molecule has 10 aromatic rings. The summed E-state index contributed by atoms with van der Waals surface area (Å²) in [5, 5.41) is 2.20. The van der Waals surface area contributed by atoms with E-state index in [0.717, 1.165) is 50.1 Å². The fraction of sp³-hybridized carbons (Fsp3) is 0.0182. The zero-order chi connectivity index (χ0) is 37.8. The van der Waals surface area contributed by atoms with Crippen molar-refractivity contribution < 1.29 is 4.42 Å².